The first-order chi connectivity index (χ1) is 12.8. The molecule has 140 valence electrons. The fourth-order valence-electron chi connectivity index (χ4n) is 2.25. The summed E-state index contributed by atoms with van der Waals surface area (Å²) in [5.41, 5.74) is -0.823. The van der Waals surface area contributed by atoms with Gasteiger partial charge in [-0.05, 0) is 17.7 Å². The van der Waals surface area contributed by atoms with Crippen molar-refractivity contribution in [2.75, 3.05) is 5.32 Å². The summed E-state index contributed by atoms with van der Waals surface area (Å²) in [6.45, 7) is -0.0374. The van der Waals surface area contributed by atoms with Gasteiger partial charge in [-0.25, -0.2) is 4.79 Å². The molecule has 0 saturated carbocycles. The third-order valence-corrected chi connectivity index (χ3v) is 3.47. The minimum atomic E-state index is -2.33. The van der Waals surface area contributed by atoms with Gasteiger partial charge in [0.15, 0.2) is 0 Å². The zero-order valence-electron chi connectivity index (χ0n) is 13.6. The molecule has 27 heavy (non-hydrogen) atoms. The monoisotopic (exact) mass is 372 g/mol. The van der Waals surface area contributed by atoms with Gasteiger partial charge in [-0.15, -0.1) is 0 Å². The molecular weight excluding hydrogens is 360 g/mol. The Morgan fingerprint density at radius 3 is 2.22 bits per heavy atom. The van der Waals surface area contributed by atoms with Gasteiger partial charge in [0, 0.05) is 11.6 Å². The van der Waals surface area contributed by atoms with Crippen molar-refractivity contribution in [3.8, 4) is 0 Å². The topological polar surface area (TPSA) is 162 Å². The summed E-state index contributed by atoms with van der Waals surface area (Å²) in [7, 11) is 0. The lowest BCUT2D eigenvalue weighted by atomic mass is 9.97. The quantitative estimate of drug-likeness (QED) is 0.401. The second-order valence-electron chi connectivity index (χ2n) is 5.29. The van der Waals surface area contributed by atoms with Gasteiger partial charge >= 0.3 is 6.09 Å². The Morgan fingerprint density at radius 1 is 1.04 bits per heavy atom. The van der Waals surface area contributed by atoms with E-state index < -0.39 is 40.1 Å². The summed E-state index contributed by atoms with van der Waals surface area (Å²) in [5.74, 6) is -6.44. The number of carboxylic acids is 2. The maximum atomic E-state index is 11.8. The maximum absolute atomic E-state index is 11.8. The molecule has 10 nitrogen and oxygen atoms in total. The Labute approximate surface area is 152 Å². The van der Waals surface area contributed by atoms with E-state index in [0.717, 1.165) is 23.8 Å². The number of ether oxygens (including phenoxy) is 1. The highest BCUT2D eigenvalue weighted by Gasteiger charge is 2.25. The number of nitro benzene ring substituents is 1. The van der Waals surface area contributed by atoms with E-state index in [1.165, 1.54) is 0 Å². The van der Waals surface area contributed by atoms with Crippen molar-refractivity contribution >= 4 is 29.4 Å². The van der Waals surface area contributed by atoms with Crippen LogP contribution in [0.1, 0.15) is 17.0 Å². The molecule has 0 radical (unpaired) electrons. The molecule has 0 aliphatic carbocycles. The predicted molar refractivity (Wildman–Crippen MR) is 86.1 cm³/mol. The van der Waals surface area contributed by atoms with Gasteiger partial charge < -0.3 is 24.5 Å². The molecule has 2 aromatic carbocycles. The van der Waals surface area contributed by atoms with Crippen LogP contribution < -0.4 is 15.5 Å². The van der Waals surface area contributed by atoms with Crippen LogP contribution in [0.25, 0.3) is 0 Å². The molecule has 0 bridgehead atoms. The van der Waals surface area contributed by atoms with E-state index in [-0.39, 0.29) is 12.3 Å². The van der Waals surface area contributed by atoms with Crippen molar-refractivity contribution in [2.45, 2.75) is 12.5 Å². The number of nitro groups is 1. The molecule has 10 heteroatoms. The van der Waals surface area contributed by atoms with Crippen molar-refractivity contribution in [2.24, 2.45) is 0 Å². The Hall–Kier alpha value is -3.95. The minimum Gasteiger partial charge on any atom is -0.549 e. The maximum Gasteiger partial charge on any atom is 0.411 e. The summed E-state index contributed by atoms with van der Waals surface area (Å²) in [5, 5.41) is 35.3. The van der Waals surface area contributed by atoms with E-state index in [1.807, 2.05) is 0 Å². The molecule has 2 rings (SSSR count). The van der Waals surface area contributed by atoms with E-state index >= 15 is 0 Å². The first-order valence-corrected chi connectivity index (χ1v) is 7.47. The lowest BCUT2D eigenvalue weighted by Crippen LogP contribution is -2.41. The Morgan fingerprint density at radius 2 is 1.67 bits per heavy atom. The van der Waals surface area contributed by atoms with E-state index in [2.05, 4.69) is 5.32 Å². The van der Waals surface area contributed by atoms with Crippen molar-refractivity contribution in [3.05, 3.63) is 69.8 Å². The number of rotatable bonds is 7. The predicted octanol–water partition coefficient (Wildman–Crippen LogP) is -0.0731. The Bertz CT molecular complexity index is 868. The zero-order valence-corrected chi connectivity index (χ0v) is 13.6. The molecule has 0 aromatic heterocycles. The van der Waals surface area contributed by atoms with Crippen LogP contribution in [0.5, 0.6) is 0 Å². The Balaban J connectivity index is 2.17. The van der Waals surface area contributed by atoms with Gasteiger partial charge in [-0.1, -0.05) is 30.3 Å². The largest absolute Gasteiger partial charge is 0.549 e. The summed E-state index contributed by atoms with van der Waals surface area (Å²) < 4.78 is 4.96. The molecule has 1 amide bonds. The van der Waals surface area contributed by atoms with Gasteiger partial charge in [0.1, 0.15) is 6.61 Å². The van der Waals surface area contributed by atoms with Crippen LogP contribution in [0.2, 0.25) is 0 Å². The van der Waals surface area contributed by atoms with Gasteiger partial charge in [-0.2, -0.15) is 0 Å². The van der Waals surface area contributed by atoms with Gasteiger partial charge in [0.05, 0.1) is 28.5 Å². The van der Waals surface area contributed by atoms with Crippen LogP contribution in [-0.4, -0.2) is 23.0 Å². The molecule has 0 unspecified atom stereocenters. The van der Waals surface area contributed by atoms with Crippen molar-refractivity contribution in [1.82, 2.24) is 0 Å². The number of nitrogens with one attached hydrogen (secondary N) is 1. The van der Waals surface area contributed by atoms with Crippen molar-refractivity contribution in [1.29, 1.82) is 0 Å². The number of anilines is 1. The van der Waals surface area contributed by atoms with E-state index in [4.69, 9.17) is 4.74 Å². The summed E-state index contributed by atoms with van der Waals surface area (Å²) >= 11 is 0. The first kappa shape index (κ1) is 19.4. The van der Waals surface area contributed by atoms with Crippen LogP contribution >= 0.6 is 0 Å². The lowest BCUT2D eigenvalue weighted by Gasteiger charge is -2.19. The average Bonchev–Trinajstić information content (AvgIpc) is 2.61. The number of hydrogen-bond donors (Lipinski definition) is 1. The van der Waals surface area contributed by atoms with Crippen LogP contribution in [0.3, 0.4) is 0 Å². The van der Waals surface area contributed by atoms with Crippen molar-refractivity contribution in [3.63, 3.8) is 0 Å². The SMILES string of the molecule is O=C(Nc1ccc(C(C(=O)[O-])C(=O)[O-])c([N+](=O)[O-])c1)OCc1ccccc1. The highest BCUT2D eigenvalue weighted by atomic mass is 16.6. The number of nitrogens with zero attached hydrogens (tertiary/aromatic N) is 1. The lowest BCUT2D eigenvalue weighted by molar-refractivity contribution is -0.386. The van der Waals surface area contributed by atoms with Crippen LogP contribution in [0.4, 0.5) is 16.2 Å². The van der Waals surface area contributed by atoms with E-state index in [9.17, 15) is 34.7 Å². The molecule has 0 saturated heterocycles. The summed E-state index contributed by atoms with van der Waals surface area (Å²) in [4.78, 5) is 43.9. The molecule has 0 spiro atoms. The highest BCUT2D eigenvalue weighted by Crippen LogP contribution is 2.29. The molecule has 0 heterocycles. The van der Waals surface area contributed by atoms with E-state index in [1.54, 1.807) is 30.3 Å². The molecule has 2 aromatic rings. The fraction of sp³-hybridized carbons (Fsp3) is 0.118. The molecule has 0 fully saturated rings. The third kappa shape index (κ3) is 5.01. The number of amides is 1. The van der Waals surface area contributed by atoms with Crippen LogP contribution in [0, 0.1) is 10.1 Å². The normalized spacial score (nSPS) is 10.3. The smallest absolute Gasteiger partial charge is 0.411 e. The molecular formula is C17H12N2O8-2. The molecule has 0 aliphatic heterocycles. The molecule has 1 N–H and O–H groups in total. The standard InChI is InChI=1S/C17H14N2O8/c20-15(21)14(16(22)23)12-7-6-11(8-13(12)19(25)26)18-17(24)27-9-10-4-2-1-3-5-10/h1-8,14H,9H2,(H,18,24)(H,20,21)(H,22,23)/p-2. The fourth-order valence-corrected chi connectivity index (χ4v) is 2.25. The average molecular weight is 372 g/mol. The second kappa shape index (κ2) is 8.43. The van der Waals surface area contributed by atoms with Crippen molar-refractivity contribution < 1.29 is 34.3 Å². The molecule has 0 aliphatic rings. The zero-order chi connectivity index (χ0) is 20.0. The molecule has 0 atom stereocenters. The first-order valence-electron chi connectivity index (χ1n) is 7.47. The van der Waals surface area contributed by atoms with Gasteiger partial charge in [-0.3, -0.25) is 15.4 Å². The summed E-state index contributed by atoms with van der Waals surface area (Å²) in [6.07, 6.45) is -0.905. The number of carbonyl (C=O) groups excluding carboxylic acids is 3. The number of benzene rings is 2. The summed E-state index contributed by atoms with van der Waals surface area (Å²) in [6, 6.07) is 11.6. The number of aliphatic carboxylic acids is 2. The third-order valence-electron chi connectivity index (χ3n) is 3.47. The number of carboxylic acid groups (broad SMARTS) is 2. The van der Waals surface area contributed by atoms with Gasteiger partial charge in [0.25, 0.3) is 5.69 Å². The second-order valence-corrected chi connectivity index (χ2v) is 5.29. The highest BCUT2D eigenvalue weighted by molar-refractivity contribution is 5.98. The Kier molecular flexibility index (Phi) is 6.05. The van der Waals surface area contributed by atoms with E-state index in [0.29, 0.717) is 0 Å². The number of hydrogen-bond acceptors (Lipinski definition) is 8. The van der Waals surface area contributed by atoms with Crippen LogP contribution in [-0.2, 0) is 20.9 Å². The minimum absolute atomic E-state index is 0.0374. The van der Waals surface area contributed by atoms with Crippen LogP contribution in [0.15, 0.2) is 48.5 Å². The number of carbonyl (C=O) groups is 3. The van der Waals surface area contributed by atoms with Gasteiger partial charge in [0.2, 0.25) is 0 Å².